The third-order valence-corrected chi connectivity index (χ3v) is 1.81. The highest BCUT2D eigenvalue weighted by Gasteiger charge is 2.03. The highest BCUT2D eigenvalue weighted by molar-refractivity contribution is 5.45. The smallest absolute Gasteiger partial charge is 0.137 e. The predicted molar refractivity (Wildman–Crippen MR) is 52.9 cm³/mol. The molecule has 1 aromatic carbocycles. The second kappa shape index (κ2) is 5.25. The zero-order valence-corrected chi connectivity index (χ0v) is 8.16. The van der Waals surface area contributed by atoms with E-state index in [0.717, 1.165) is 12.0 Å². The first-order valence-corrected chi connectivity index (χ1v) is 4.58. The lowest BCUT2D eigenvalue weighted by molar-refractivity contribution is 0.281. The highest BCUT2D eigenvalue weighted by atomic mass is 16.5. The van der Waals surface area contributed by atoms with Crippen LogP contribution in [-0.4, -0.2) is 11.7 Å². The summed E-state index contributed by atoms with van der Waals surface area (Å²) in [5.74, 6) is 0.589. The first-order valence-electron chi connectivity index (χ1n) is 4.58. The number of hydrogen-bond donors (Lipinski definition) is 1. The van der Waals surface area contributed by atoms with Gasteiger partial charge in [-0.3, -0.25) is 0 Å². The number of rotatable bonds is 4. The fourth-order valence-corrected chi connectivity index (χ4v) is 1.10. The number of ether oxygens (including phenoxy) is 1. The molecule has 0 aromatic heterocycles. The molecular formula is C11H13NO2. The van der Waals surface area contributed by atoms with Crippen molar-refractivity contribution >= 4 is 0 Å². The first-order chi connectivity index (χ1) is 6.81. The van der Waals surface area contributed by atoms with Crippen LogP contribution in [0.1, 0.15) is 24.5 Å². The van der Waals surface area contributed by atoms with E-state index in [2.05, 4.69) is 0 Å². The van der Waals surface area contributed by atoms with Crippen molar-refractivity contribution in [1.82, 2.24) is 0 Å². The summed E-state index contributed by atoms with van der Waals surface area (Å²) in [7, 11) is 0. The van der Waals surface area contributed by atoms with Crippen molar-refractivity contribution in [3.63, 3.8) is 0 Å². The number of nitriles is 1. The minimum absolute atomic E-state index is 0.0528. The number of aliphatic hydroxyl groups excluding tert-OH is 1. The van der Waals surface area contributed by atoms with E-state index in [4.69, 9.17) is 15.1 Å². The number of aliphatic hydroxyl groups is 1. The molecule has 1 aromatic rings. The van der Waals surface area contributed by atoms with E-state index >= 15 is 0 Å². The van der Waals surface area contributed by atoms with E-state index in [1.165, 1.54) is 0 Å². The standard InChI is InChI=1S/C11H13NO2/c1-2-5-14-11-4-3-9(8-13)6-10(11)7-12/h3-4,6,13H,2,5,8H2,1H3. The van der Waals surface area contributed by atoms with E-state index in [1.54, 1.807) is 18.2 Å². The van der Waals surface area contributed by atoms with Gasteiger partial charge in [-0.15, -0.1) is 0 Å². The maximum atomic E-state index is 8.87. The average Bonchev–Trinajstić information content (AvgIpc) is 2.26. The molecule has 0 unspecified atom stereocenters. The lowest BCUT2D eigenvalue weighted by Gasteiger charge is -2.07. The molecule has 14 heavy (non-hydrogen) atoms. The van der Waals surface area contributed by atoms with Gasteiger partial charge in [-0.2, -0.15) is 5.26 Å². The fraction of sp³-hybridized carbons (Fsp3) is 0.364. The van der Waals surface area contributed by atoms with Crippen LogP contribution in [0.15, 0.2) is 18.2 Å². The van der Waals surface area contributed by atoms with Gasteiger partial charge in [0.2, 0.25) is 0 Å². The summed E-state index contributed by atoms with van der Waals surface area (Å²) in [6.45, 7) is 2.56. The molecule has 0 aliphatic heterocycles. The topological polar surface area (TPSA) is 53.2 Å². The average molecular weight is 191 g/mol. The van der Waals surface area contributed by atoms with E-state index in [1.807, 2.05) is 13.0 Å². The first kappa shape index (κ1) is 10.6. The normalized spacial score (nSPS) is 9.50. The minimum atomic E-state index is -0.0528. The van der Waals surface area contributed by atoms with Gasteiger partial charge < -0.3 is 9.84 Å². The molecule has 3 heteroatoms. The van der Waals surface area contributed by atoms with E-state index < -0.39 is 0 Å². The highest BCUT2D eigenvalue weighted by Crippen LogP contribution is 2.19. The largest absolute Gasteiger partial charge is 0.492 e. The molecule has 0 fully saturated rings. The Morgan fingerprint density at radius 2 is 2.29 bits per heavy atom. The Morgan fingerprint density at radius 3 is 2.86 bits per heavy atom. The second-order valence-electron chi connectivity index (χ2n) is 2.95. The zero-order chi connectivity index (χ0) is 10.4. The molecular weight excluding hydrogens is 178 g/mol. The minimum Gasteiger partial charge on any atom is -0.492 e. The third kappa shape index (κ3) is 2.48. The number of hydrogen-bond acceptors (Lipinski definition) is 3. The summed E-state index contributed by atoms with van der Waals surface area (Å²) in [6, 6.07) is 7.16. The molecule has 0 radical (unpaired) electrons. The molecule has 0 saturated carbocycles. The van der Waals surface area contributed by atoms with Crippen LogP contribution in [0.25, 0.3) is 0 Å². The Hall–Kier alpha value is -1.53. The predicted octanol–water partition coefficient (Wildman–Crippen LogP) is 1.84. The van der Waals surface area contributed by atoms with Gasteiger partial charge in [0, 0.05) is 0 Å². The molecule has 74 valence electrons. The Balaban J connectivity index is 2.89. The summed E-state index contributed by atoms with van der Waals surface area (Å²) >= 11 is 0. The Bertz CT molecular complexity index is 342. The maximum absolute atomic E-state index is 8.87. The molecule has 0 spiro atoms. The Kier molecular flexibility index (Phi) is 3.96. The number of nitrogens with zero attached hydrogens (tertiary/aromatic N) is 1. The SMILES string of the molecule is CCCOc1ccc(CO)cc1C#N. The third-order valence-electron chi connectivity index (χ3n) is 1.81. The Morgan fingerprint density at radius 1 is 1.50 bits per heavy atom. The van der Waals surface area contributed by atoms with Crippen LogP contribution in [0.5, 0.6) is 5.75 Å². The second-order valence-corrected chi connectivity index (χ2v) is 2.95. The van der Waals surface area contributed by atoms with E-state index in [0.29, 0.717) is 17.9 Å². The molecule has 0 heterocycles. The van der Waals surface area contributed by atoms with Crippen LogP contribution < -0.4 is 4.74 Å². The van der Waals surface area contributed by atoms with Gasteiger partial charge in [0.15, 0.2) is 0 Å². The van der Waals surface area contributed by atoms with Crippen molar-refractivity contribution in [2.75, 3.05) is 6.61 Å². The molecule has 0 atom stereocenters. The molecule has 3 nitrogen and oxygen atoms in total. The molecule has 0 amide bonds. The van der Waals surface area contributed by atoms with Crippen molar-refractivity contribution in [2.24, 2.45) is 0 Å². The van der Waals surface area contributed by atoms with E-state index in [9.17, 15) is 0 Å². The molecule has 1 N–H and O–H groups in total. The van der Waals surface area contributed by atoms with Crippen LogP contribution >= 0.6 is 0 Å². The molecule has 0 aliphatic carbocycles. The lowest BCUT2D eigenvalue weighted by atomic mass is 10.1. The van der Waals surface area contributed by atoms with E-state index in [-0.39, 0.29) is 6.61 Å². The van der Waals surface area contributed by atoms with Crippen LogP contribution in [0.2, 0.25) is 0 Å². The fourth-order valence-electron chi connectivity index (χ4n) is 1.10. The maximum Gasteiger partial charge on any atom is 0.137 e. The van der Waals surface area contributed by atoms with Gasteiger partial charge >= 0.3 is 0 Å². The summed E-state index contributed by atoms with van der Waals surface area (Å²) in [6.07, 6.45) is 0.909. The van der Waals surface area contributed by atoms with Crippen molar-refractivity contribution in [3.8, 4) is 11.8 Å². The van der Waals surface area contributed by atoms with Gasteiger partial charge in [0.25, 0.3) is 0 Å². The Labute approximate surface area is 83.6 Å². The van der Waals surface area contributed by atoms with Gasteiger partial charge in [0.05, 0.1) is 18.8 Å². The van der Waals surface area contributed by atoms with Gasteiger partial charge in [-0.05, 0) is 24.1 Å². The lowest BCUT2D eigenvalue weighted by Crippen LogP contribution is -1.98. The van der Waals surface area contributed by atoms with Crippen LogP contribution in [-0.2, 0) is 6.61 Å². The van der Waals surface area contributed by atoms with Crippen molar-refractivity contribution in [3.05, 3.63) is 29.3 Å². The molecule has 0 saturated heterocycles. The summed E-state index contributed by atoms with van der Waals surface area (Å²) < 4.78 is 5.37. The summed E-state index contributed by atoms with van der Waals surface area (Å²) in [4.78, 5) is 0. The molecule has 0 bridgehead atoms. The molecule has 1 rings (SSSR count). The summed E-state index contributed by atoms with van der Waals surface area (Å²) in [5.41, 5.74) is 1.20. The van der Waals surface area contributed by atoms with Crippen LogP contribution in [0.4, 0.5) is 0 Å². The number of benzene rings is 1. The van der Waals surface area contributed by atoms with Crippen molar-refractivity contribution < 1.29 is 9.84 Å². The van der Waals surface area contributed by atoms with Crippen molar-refractivity contribution in [2.45, 2.75) is 20.0 Å². The van der Waals surface area contributed by atoms with Gasteiger partial charge in [-0.25, -0.2) is 0 Å². The van der Waals surface area contributed by atoms with Crippen molar-refractivity contribution in [1.29, 1.82) is 5.26 Å². The van der Waals surface area contributed by atoms with Crippen LogP contribution in [0, 0.1) is 11.3 Å². The molecule has 0 aliphatic rings. The quantitative estimate of drug-likeness (QED) is 0.790. The van der Waals surface area contributed by atoms with Gasteiger partial charge in [0.1, 0.15) is 11.8 Å². The van der Waals surface area contributed by atoms with Gasteiger partial charge in [-0.1, -0.05) is 13.0 Å². The monoisotopic (exact) mass is 191 g/mol. The zero-order valence-electron chi connectivity index (χ0n) is 8.16. The van der Waals surface area contributed by atoms with Crippen LogP contribution in [0.3, 0.4) is 0 Å². The summed E-state index contributed by atoms with van der Waals surface area (Å²) in [5, 5.41) is 17.7.